The Morgan fingerprint density at radius 2 is 2.05 bits per heavy atom. The van der Waals surface area contributed by atoms with Gasteiger partial charge in [-0.05, 0) is 24.6 Å². The summed E-state index contributed by atoms with van der Waals surface area (Å²) in [5.41, 5.74) is 0.810. The second-order valence-electron chi connectivity index (χ2n) is 4.27. The van der Waals surface area contributed by atoms with Gasteiger partial charge in [0.15, 0.2) is 0 Å². The number of carbonyl (C=O) groups is 1. The molecule has 7 nitrogen and oxygen atoms in total. The topological polar surface area (TPSA) is 88.6 Å². The summed E-state index contributed by atoms with van der Waals surface area (Å²) in [5, 5.41) is 0. The average Bonchev–Trinajstić information content (AvgIpc) is 2.44. The minimum Gasteiger partial charge on any atom is -0.469 e. The summed E-state index contributed by atoms with van der Waals surface area (Å²) in [4.78, 5) is 14.9. The number of methoxy groups -OCH3 is 1. The number of pyridine rings is 1. The summed E-state index contributed by atoms with van der Waals surface area (Å²) in [5.74, 6) is -0.450. The SMILES string of the molecule is COC(=O)CCN(C)S(=O)(=O)NC(C)c1ccncc1. The Morgan fingerprint density at radius 3 is 2.60 bits per heavy atom. The summed E-state index contributed by atoms with van der Waals surface area (Å²) in [6.45, 7) is 1.80. The van der Waals surface area contributed by atoms with Gasteiger partial charge in [-0.15, -0.1) is 0 Å². The Labute approximate surface area is 119 Å². The van der Waals surface area contributed by atoms with Crippen molar-refractivity contribution in [3.05, 3.63) is 30.1 Å². The van der Waals surface area contributed by atoms with Crippen molar-refractivity contribution < 1.29 is 17.9 Å². The fraction of sp³-hybridized carbons (Fsp3) is 0.500. The van der Waals surface area contributed by atoms with Crippen LogP contribution in [-0.2, 0) is 19.7 Å². The van der Waals surface area contributed by atoms with E-state index in [0.717, 1.165) is 9.87 Å². The van der Waals surface area contributed by atoms with Crippen molar-refractivity contribution in [3.8, 4) is 0 Å². The van der Waals surface area contributed by atoms with E-state index >= 15 is 0 Å². The zero-order valence-corrected chi connectivity index (χ0v) is 12.6. The molecule has 0 radical (unpaired) electrons. The molecule has 1 heterocycles. The van der Waals surface area contributed by atoms with E-state index in [-0.39, 0.29) is 19.0 Å². The van der Waals surface area contributed by atoms with Gasteiger partial charge in [0.2, 0.25) is 0 Å². The Bertz CT molecular complexity index is 533. The van der Waals surface area contributed by atoms with Gasteiger partial charge < -0.3 is 4.74 Å². The van der Waals surface area contributed by atoms with Gasteiger partial charge in [-0.2, -0.15) is 17.4 Å². The maximum atomic E-state index is 12.1. The standard InChI is InChI=1S/C12H19N3O4S/c1-10(11-4-7-13-8-5-11)14-20(17,18)15(2)9-6-12(16)19-3/h4-5,7-8,10,14H,6,9H2,1-3H3. The van der Waals surface area contributed by atoms with E-state index in [0.29, 0.717) is 0 Å². The Kier molecular flexibility index (Phi) is 6.05. The summed E-state index contributed by atoms with van der Waals surface area (Å²) in [6.07, 6.45) is 3.21. The molecule has 1 aromatic heterocycles. The van der Waals surface area contributed by atoms with Gasteiger partial charge in [0.1, 0.15) is 0 Å². The Hall–Kier alpha value is -1.51. The second-order valence-corrected chi connectivity index (χ2v) is 6.08. The lowest BCUT2D eigenvalue weighted by Gasteiger charge is -2.20. The molecule has 0 aromatic carbocycles. The first-order chi connectivity index (χ1) is 9.36. The summed E-state index contributed by atoms with van der Waals surface area (Å²) in [7, 11) is -0.985. The number of ether oxygens (including phenoxy) is 1. The molecule has 0 saturated carbocycles. The van der Waals surface area contributed by atoms with Crippen LogP contribution in [0.2, 0.25) is 0 Å². The van der Waals surface area contributed by atoms with Crippen LogP contribution in [0.5, 0.6) is 0 Å². The largest absolute Gasteiger partial charge is 0.469 e. The Morgan fingerprint density at radius 1 is 1.45 bits per heavy atom. The molecule has 1 aromatic rings. The number of carbonyl (C=O) groups excluding carboxylic acids is 1. The molecule has 0 amide bonds. The zero-order chi connectivity index (χ0) is 15.2. The summed E-state index contributed by atoms with van der Waals surface area (Å²) in [6, 6.07) is 3.09. The first-order valence-corrected chi connectivity index (χ1v) is 7.51. The average molecular weight is 301 g/mol. The predicted molar refractivity (Wildman–Crippen MR) is 74.0 cm³/mol. The molecule has 0 bridgehead atoms. The highest BCUT2D eigenvalue weighted by molar-refractivity contribution is 7.87. The molecule has 0 spiro atoms. The molecule has 0 fully saturated rings. The molecule has 1 rings (SSSR count). The number of hydrogen-bond acceptors (Lipinski definition) is 5. The van der Waals surface area contributed by atoms with Crippen molar-refractivity contribution in [1.29, 1.82) is 0 Å². The molecule has 0 saturated heterocycles. The van der Waals surface area contributed by atoms with Gasteiger partial charge in [-0.25, -0.2) is 0 Å². The van der Waals surface area contributed by atoms with E-state index in [4.69, 9.17) is 0 Å². The molecule has 1 N–H and O–H groups in total. The van der Waals surface area contributed by atoms with Gasteiger partial charge in [0, 0.05) is 32.0 Å². The molecule has 112 valence electrons. The van der Waals surface area contributed by atoms with Crippen LogP contribution in [0.15, 0.2) is 24.5 Å². The highest BCUT2D eigenvalue weighted by Gasteiger charge is 2.21. The van der Waals surface area contributed by atoms with E-state index < -0.39 is 16.2 Å². The third-order valence-corrected chi connectivity index (χ3v) is 4.46. The molecule has 8 heteroatoms. The molecule has 0 aliphatic carbocycles. The van der Waals surface area contributed by atoms with Crippen LogP contribution < -0.4 is 4.72 Å². The fourth-order valence-corrected chi connectivity index (χ4v) is 2.60. The van der Waals surface area contributed by atoms with Crippen LogP contribution in [0.25, 0.3) is 0 Å². The van der Waals surface area contributed by atoms with Crippen molar-refractivity contribution >= 4 is 16.2 Å². The first-order valence-electron chi connectivity index (χ1n) is 6.07. The quantitative estimate of drug-likeness (QED) is 0.740. The van der Waals surface area contributed by atoms with Crippen molar-refractivity contribution in [2.24, 2.45) is 0 Å². The molecular weight excluding hydrogens is 282 g/mol. The van der Waals surface area contributed by atoms with Gasteiger partial charge in [0.25, 0.3) is 10.2 Å². The number of aromatic nitrogens is 1. The lowest BCUT2D eigenvalue weighted by molar-refractivity contribution is -0.140. The van der Waals surface area contributed by atoms with Crippen molar-refractivity contribution in [1.82, 2.24) is 14.0 Å². The first kappa shape index (κ1) is 16.5. The van der Waals surface area contributed by atoms with Crippen LogP contribution in [0.1, 0.15) is 24.9 Å². The third-order valence-electron chi connectivity index (χ3n) is 2.80. The van der Waals surface area contributed by atoms with Crippen molar-refractivity contribution in [2.75, 3.05) is 20.7 Å². The minimum atomic E-state index is -3.66. The van der Waals surface area contributed by atoms with Gasteiger partial charge >= 0.3 is 5.97 Å². The number of nitrogens with one attached hydrogen (secondary N) is 1. The minimum absolute atomic E-state index is 0.0115. The van der Waals surface area contributed by atoms with Crippen LogP contribution in [0, 0.1) is 0 Å². The van der Waals surface area contributed by atoms with Crippen LogP contribution in [0.3, 0.4) is 0 Å². The number of esters is 1. The van der Waals surface area contributed by atoms with Gasteiger partial charge in [-0.1, -0.05) is 0 Å². The maximum absolute atomic E-state index is 12.1. The van der Waals surface area contributed by atoms with Crippen LogP contribution in [-0.4, -0.2) is 44.4 Å². The van der Waals surface area contributed by atoms with Crippen LogP contribution >= 0.6 is 0 Å². The molecule has 1 atom stereocenters. The molecule has 1 unspecified atom stereocenters. The fourth-order valence-electron chi connectivity index (χ4n) is 1.50. The molecular formula is C12H19N3O4S. The van der Waals surface area contributed by atoms with E-state index in [1.165, 1.54) is 14.2 Å². The highest BCUT2D eigenvalue weighted by Crippen LogP contribution is 2.12. The smallest absolute Gasteiger partial charge is 0.306 e. The second kappa shape index (κ2) is 7.32. The van der Waals surface area contributed by atoms with Crippen LogP contribution in [0.4, 0.5) is 0 Å². The highest BCUT2D eigenvalue weighted by atomic mass is 32.2. The van der Waals surface area contributed by atoms with E-state index in [1.54, 1.807) is 31.5 Å². The predicted octanol–water partition coefficient (Wildman–Crippen LogP) is 0.472. The number of nitrogens with zero attached hydrogens (tertiary/aromatic N) is 2. The van der Waals surface area contributed by atoms with E-state index in [1.807, 2.05) is 0 Å². The third kappa shape index (κ3) is 4.87. The van der Waals surface area contributed by atoms with Crippen molar-refractivity contribution in [3.63, 3.8) is 0 Å². The van der Waals surface area contributed by atoms with E-state index in [2.05, 4.69) is 14.4 Å². The van der Waals surface area contributed by atoms with E-state index in [9.17, 15) is 13.2 Å². The number of hydrogen-bond donors (Lipinski definition) is 1. The molecule has 0 aliphatic heterocycles. The Balaban J connectivity index is 2.62. The summed E-state index contributed by atoms with van der Waals surface area (Å²) >= 11 is 0. The lowest BCUT2D eigenvalue weighted by Crippen LogP contribution is -2.40. The van der Waals surface area contributed by atoms with Gasteiger partial charge in [0.05, 0.1) is 13.5 Å². The van der Waals surface area contributed by atoms with Crippen molar-refractivity contribution in [2.45, 2.75) is 19.4 Å². The van der Waals surface area contributed by atoms with Gasteiger partial charge in [-0.3, -0.25) is 9.78 Å². The maximum Gasteiger partial charge on any atom is 0.306 e. The normalized spacial score (nSPS) is 13.2. The number of rotatable bonds is 7. The molecule has 20 heavy (non-hydrogen) atoms. The summed E-state index contributed by atoms with van der Waals surface area (Å²) < 4.78 is 32.2. The lowest BCUT2D eigenvalue weighted by atomic mass is 10.1. The zero-order valence-electron chi connectivity index (χ0n) is 11.7. The monoisotopic (exact) mass is 301 g/mol. The molecule has 0 aliphatic rings.